The third-order valence-corrected chi connectivity index (χ3v) is 8.03. The summed E-state index contributed by atoms with van der Waals surface area (Å²) >= 11 is 0. The largest absolute Gasteiger partial charge is 0.446 e. The molecule has 0 bridgehead atoms. The van der Waals surface area contributed by atoms with Crippen LogP contribution in [0.15, 0.2) is 36.4 Å². The molecule has 37 heavy (non-hydrogen) atoms. The smallest absolute Gasteiger partial charge is 0.260 e. The number of anilines is 1. The summed E-state index contributed by atoms with van der Waals surface area (Å²) in [6, 6.07) is 11.5. The Balaban J connectivity index is 1.46. The third-order valence-electron chi connectivity index (χ3n) is 7.32. The van der Waals surface area contributed by atoms with Gasteiger partial charge in [0.05, 0.1) is 31.3 Å². The van der Waals surface area contributed by atoms with Crippen LogP contribution in [0.3, 0.4) is 0 Å². The second kappa shape index (κ2) is 9.21. The number of ether oxygens (including phenoxy) is 2. The molecule has 10 heteroatoms. The molecule has 3 unspecified atom stereocenters. The van der Waals surface area contributed by atoms with E-state index < -0.39 is 22.5 Å². The number of hydrogen-bond acceptors (Lipinski definition) is 6. The maximum atomic E-state index is 13.6. The van der Waals surface area contributed by atoms with Crippen LogP contribution in [0.1, 0.15) is 44.9 Å². The lowest BCUT2D eigenvalue weighted by molar-refractivity contribution is -0.118. The van der Waals surface area contributed by atoms with Crippen molar-refractivity contribution in [3.8, 4) is 11.5 Å². The van der Waals surface area contributed by atoms with Crippen LogP contribution in [0, 0.1) is 0 Å². The fourth-order valence-electron chi connectivity index (χ4n) is 4.98. The predicted octanol–water partition coefficient (Wildman–Crippen LogP) is 2.76. The number of nitrogens with one attached hydrogen (secondary N) is 1. The van der Waals surface area contributed by atoms with Gasteiger partial charge in [-0.2, -0.15) is 0 Å². The molecule has 8 nitrogen and oxygen atoms in total. The van der Waals surface area contributed by atoms with Gasteiger partial charge in [-0.25, -0.2) is 0 Å². The number of aliphatic hydroxyl groups is 3. The average molecular weight is 545 g/mol. The molecule has 2 aliphatic rings. The van der Waals surface area contributed by atoms with Crippen molar-refractivity contribution in [2.75, 3.05) is 18.5 Å². The first-order valence-corrected chi connectivity index (χ1v) is 13.5. The number of carbonyl (C=O) groups excluding carboxylic acids is 1. The highest BCUT2D eigenvalue weighted by Crippen LogP contribution is 2.52. The minimum Gasteiger partial charge on any atom is -0.446 e. The molecule has 3 aromatic rings. The normalized spacial score (nSPS) is 20.8. The molecule has 1 saturated carbocycles. The Labute approximate surface area is 220 Å². The van der Waals surface area contributed by atoms with Gasteiger partial charge in [0.25, 0.3) is 5.53 Å². The standard InChI is InChI=1S/C27H34N2O6P2/c1-25(2,14-31)23-9-15-8-18(22(36)11-19(15)29(23)12-17(32)13-30)28-24(33)27(6-7-27)16-4-5-20-21(10-16)35-26(3,37)34-20/h4-5,8-11,17,30-32H,6-7,12-14,36-37H2,1-3H3,(H,28,33)/t17-,26?/m1/s1. The van der Waals surface area contributed by atoms with E-state index in [2.05, 4.69) is 23.8 Å². The van der Waals surface area contributed by atoms with E-state index in [0.717, 1.165) is 40.3 Å². The second-order valence-electron chi connectivity index (χ2n) is 10.9. The number of hydrogen-bond donors (Lipinski definition) is 4. The Morgan fingerprint density at radius 3 is 2.51 bits per heavy atom. The molecule has 1 fully saturated rings. The maximum Gasteiger partial charge on any atom is 0.260 e. The molecule has 1 aliphatic heterocycles. The number of carbonyl (C=O) groups is 1. The zero-order valence-corrected chi connectivity index (χ0v) is 23.6. The number of amides is 1. The van der Waals surface area contributed by atoms with E-state index >= 15 is 0 Å². The Bertz CT molecular complexity index is 1380. The molecule has 0 saturated heterocycles. The van der Waals surface area contributed by atoms with Crippen molar-refractivity contribution < 1.29 is 29.6 Å². The van der Waals surface area contributed by atoms with Gasteiger partial charge in [-0.15, -0.1) is 9.24 Å². The number of rotatable bonds is 8. The average Bonchev–Trinajstić information content (AvgIpc) is 3.50. The van der Waals surface area contributed by atoms with Crippen LogP contribution in [-0.4, -0.2) is 50.6 Å². The monoisotopic (exact) mass is 544 g/mol. The zero-order chi connectivity index (χ0) is 26.8. The number of benzene rings is 2. The molecule has 1 aliphatic carbocycles. The lowest BCUT2D eigenvalue weighted by atomic mass is 9.90. The first kappa shape index (κ1) is 26.4. The lowest BCUT2D eigenvalue weighted by Gasteiger charge is -2.25. The quantitative estimate of drug-likeness (QED) is 0.325. The zero-order valence-electron chi connectivity index (χ0n) is 21.2. The van der Waals surface area contributed by atoms with Gasteiger partial charge in [0.2, 0.25) is 5.91 Å². The summed E-state index contributed by atoms with van der Waals surface area (Å²) in [7, 11) is 5.22. The fourth-order valence-corrected chi connectivity index (χ4v) is 5.55. The van der Waals surface area contributed by atoms with Gasteiger partial charge in [0.1, 0.15) is 0 Å². The predicted molar refractivity (Wildman–Crippen MR) is 150 cm³/mol. The summed E-state index contributed by atoms with van der Waals surface area (Å²) in [6.45, 7) is 5.42. The van der Waals surface area contributed by atoms with E-state index in [9.17, 15) is 20.1 Å². The van der Waals surface area contributed by atoms with Crippen LogP contribution in [0.2, 0.25) is 0 Å². The summed E-state index contributed by atoms with van der Waals surface area (Å²) in [5, 5.41) is 34.4. The molecule has 5 rings (SSSR count). The summed E-state index contributed by atoms with van der Waals surface area (Å²) in [4.78, 5) is 13.6. The van der Waals surface area contributed by atoms with E-state index in [1.54, 1.807) is 0 Å². The summed E-state index contributed by atoms with van der Waals surface area (Å²) in [6.07, 6.45) is 0.557. The summed E-state index contributed by atoms with van der Waals surface area (Å²) in [5.41, 5.74) is 1.28. The molecule has 198 valence electrons. The Kier molecular flexibility index (Phi) is 6.57. The highest BCUT2D eigenvalue weighted by Gasteiger charge is 2.52. The summed E-state index contributed by atoms with van der Waals surface area (Å²) in [5.74, 6) is 1.22. The van der Waals surface area contributed by atoms with Crippen LogP contribution < -0.4 is 20.1 Å². The van der Waals surface area contributed by atoms with E-state index in [1.165, 1.54) is 0 Å². The van der Waals surface area contributed by atoms with Gasteiger partial charge in [0, 0.05) is 34.6 Å². The topological polar surface area (TPSA) is 113 Å². The van der Waals surface area contributed by atoms with Crippen molar-refractivity contribution in [1.82, 2.24) is 4.57 Å². The Hall–Kier alpha value is -2.21. The van der Waals surface area contributed by atoms with E-state index in [4.69, 9.17) is 9.47 Å². The minimum atomic E-state index is -0.934. The maximum absolute atomic E-state index is 13.6. The van der Waals surface area contributed by atoms with Crippen molar-refractivity contribution in [2.45, 2.75) is 62.6 Å². The molecular formula is C27H34N2O6P2. The molecular weight excluding hydrogens is 510 g/mol. The molecule has 4 atom stereocenters. The molecule has 1 aromatic heterocycles. The van der Waals surface area contributed by atoms with Gasteiger partial charge in [-0.05, 0) is 63.3 Å². The van der Waals surface area contributed by atoms with Crippen LogP contribution in [0.4, 0.5) is 5.69 Å². The van der Waals surface area contributed by atoms with Crippen LogP contribution in [-0.2, 0) is 22.2 Å². The lowest BCUT2D eigenvalue weighted by Crippen LogP contribution is -2.29. The molecule has 2 heterocycles. The number of aliphatic hydroxyl groups excluding tert-OH is 3. The van der Waals surface area contributed by atoms with E-state index in [-0.39, 0.29) is 25.7 Å². The summed E-state index contributed by atoms with van der Waals surface area (Å²) < 4.78 is 13.6. The molecule has 1 amide bonds. The highest BCUT2D eigenvalue weighted by atomic mass is 31.0. The van der Waals surface area contributed by atoms with Gasteiger partial charge in [0.15, 0.2) is 11.5 Å². The van der Waals surface area contributed by atoms with Gasteiger partial charge >= 0.3 is 0 Å². The minimum absolute atomic E-state index is 0.0749. The van der Waals surface area contributed by atoms with Crippen molar-refractivity contribution in [2.24, 2.45) is 0 Å². The first-order valence-electron chi connectivity index (χ1n) is 12.3. The van der Waals surface area contributed by atoms with Gasteiger partial charge in [-0.1, -0.05) is 19.9 Å². The number of nitrogens with zero attached hydrogens (tertiary/aromatic N) is 1. The Morgan fingerprint density at radius 1 is 1.16 bits per heavy atom. The second-order valence-corrected chi connectivity index (χ2v) is 12.6. The molecule has 4 N–H and O–H groups in total. The van der Waals surface area contributed by atoms with Crippen LogP contribution in [0.5, 0.6) is 11.5 Å². The van der Waals surface area contributed by atoms with E-state index in [0.29, 0.717) is 17.2 Å². The van der Waals surface area contributed by atoms with Crippen LogP contribution in [0.25, 0.3) is 10.9 Å². The van der Waals surface area contributed by atoms with Crippen molar-refractivity contribution >= 4 is 46.3 Å². The number of aromatic nitrogens is 1. The fraction of sp³-hybridized carbons (Fsp3) is 0.444. The SMILES string of the molecule is CC1(P)Oc2ccc(C3(C(=O)Nc4cc5cc(C(C)(C)CO)n(C[C@@H](O)CO)c5cc4P)CC3)cc2O1. The van der Waals surface area contributed by atoms with E-state index in [1.807, 2.05) is 61.7 Å². The molecule has 0 radical (unpaired) electrons. The van der Waals surface area contributed by atoms with Gasteiger partial charge < -0.3 is 34.7 Å². The Morgan fingerprint density at radius 2 is 1.86 bits per heavy atom. The number of fused-ring (bicyclic) bond motifs is 2. The highest BCUT2D eigenvalue weighted by molar-refractivity contribution is 7.28. The first-order chi connectivity index (χ1) is 17.4. The van der Waals surface area contributed by atoms with Gasteiger partial charge in [-0.3, -0.25) is 4.79 Å². The van der Waals surface area contributed by atoms with Crippen molar-refractivity contribution in [3.63, 3.8) is 0 Å². The molecule has 2 aromatic carbocycles. The van der Waals surface area contributed by atoms with Crippen LogP contribution >= 0.6 is 18.5 Å². The molecule has 0 spiro atoms. The third kappa shape index (κ3) is 4.75. The van der Waals surface area contributed by atoms with Crippen molar-refractivity contribution in [1.29, 1.82) is 0 Å². The van der Waals surface area contributed by atoms with Crippen molar-refractivity contribution in [3.05, 3.63) is 47.7 Å².